The minimum Gasteiger partial charge on any atom is -0.340 e. The summed E-state index contributed by atoms with van der Waals surface area (Å²) in [4.78, 5) is 32.3. The van der Waals surface area contributed by atoms with Crippen LogP contribution in [0, 0.1) is 20.8 Å². The van der Waals surface area contributed by atoms with E-state index in [0.29, 0.717) is 23.0 Å². The lowest BCUT2D eigenvalue weighted by molar-refractivity contribution is -0.114. The first kappa shape index (κ1) is 20.0. The molecular formula is C22H23N5O2. The van der Waals surface area contributed by atoms with Gasteiger partial charge in [0.25, 0.3) is 5.91 Å². The monoisotopic (exact) mass is 389 g/mol. The van der Waals surface area contributed by atoms with Crippen molar-refractivity contribution in [2.45, 2.75) is 27.7 Å². The first-order valence-electron chi connectivity index (χ1n) is 9.19. The number of hydrogen-bond acceptors (Lipinski definition) is 5. The summed E-state index contributed by atoms with van der Waals surface area (Å²) in [5.41, 5.74) is 4.79. The van der Waals surface area contributed by atoms with Gasteiger partial charge in [-0.15, -0.1) is 0 Å². The number of aromatic nitrogens is 2. The molecule has 148 valence electrons. The van der Waals surface area contributed by atoms with Gasteiger partial charge in [-0.3, -0.25) is 9.59 Å². The van der Waals surface area contributed by atoms with Crippen LogP contribution in [0.4, 0.5) is 22.9 Å². The smallest absolute Gasteiger partial charge is 0.274 e. The normalized spacial score (nSPS) is 10.3. The zero-order valence-corrected chi connectivity index (χ0v) is 16.8. The van der Waals surface area contributed by atoms with Crippen LogP contribution < -0.4 is 16.0 Å². The van der Waals surface area contributed by atoms with Gasteiger partial charge in [0, 0.05) is 30.1 Å². The lowest BCUT2D eigenvalue weighted by Gasteiger charge is -2.11. The zero-order chi connectivity index (χ0) is 21.0. The molecule has 0 aliphatic heterocycles. The largest absolute Gasteiger partial charge is 0.340 e. The molecule has 29 heavy (non-hydrogen) atoms. The van der Waals surface area contributed by atoms with E-state index in [1.165, 1.54) is 18.1 Å². The Morgan fingerprint density at radius 1 is 0.759 bits per heavy atom. The van der Waals surface area contributed by atoms with E-state index in [2.05, 4.69) is 32.8 Å². The van der Waals surface area contributed by atoms with Crippen LogP contribution >= 0.6 is 0 Å². The first-order chi connectivity index (χ1) is 13.8. The van der Waals surface area contributed by atoms with Crippen LogP contribution in [0.25, 0.3) is 0 Å². The van der Waals surface area contributed by atoms with Gasteiger partial charge in [0.1, 0.15) is 17.3 Å². The number of carbonyl (C=O) groups excluding carboxylic acids is 2. The number of hydrogen-bond donors (Lipinski definition) is 3. The third-order valence-corrected chi connectivity index (χ3v) is 4.31. The maximum absolute atomic E-state index is 12.6. The van der Waals surface area contributed by atoms with E-state index in [1.807, 2.05) is 25.1 Å². The number of nitrogens with zero attached hydrogens (tertiary/aromatic N) is 2. The molecule has 0 unspecified atom stereocenters. The van der Waals surface area contributed by atoms with Gasteiger partial charge in [-0.1, -0.05) is 6.07 Å². The predicted octanol–water partition coefficient (Wildman–Crippen LogP) is 4.36. The van der Waals surface area contributed by atoms with Gasteiger partial charge in [0.15, 0.2) is 0 Å². The SMILES string of the molecule is CC(=O)Nc1ccc(NC(=O)c2cc(Nc3ccc(C)c(C)c3)nc(C)n2)cc1. The molecule has 0 radical (unpaired) electrons. The second-order valence-corrected chi connectivity index (χ2v) is 6.82. The summed E-state index contributed by atoms with van der Waals surface area (Å²) >= 11 is 0. The Hall–Kier alpha value is -3.74. The van der Waals surface area contributed by atoms with Gasteiger partial charge >= 0.3 is 0 Å². The van der Waals surface area contributed by atoms with E-state index in [9.17, 15) is 9.59 Å². The van der Waals surface area contributed by atoms with Crippen LogP contribution in [0.3, 0.4) is 0 Å². The third-order valence-electron chi connectivity index (χ3n) is 4.31. The summed E-state index contributed by atoms with van der Waals surface area (Å²) in [7, 11) is 0. The average molecular weight is 389 g/mol. The number of carbonyl (C=O) groups is 2. The fourth-order valence-corrected chi connectivity index (χ4v) is 2.75. The summed E-state index contributed by atoms with van der Waals surface area (Å²) in [5, 5.41) is 8.71. The van der Waals surface area contributed by atoms with E-state index in [1.54, 1.807) is 37.3 Å². The molecule has 7 nitrogen and oxygen atoms in total. The maximum atomic E-state index is 12.6. The fraction of sp³-hybridized carbons (Fsp3) is 0.182. The third kappa shape index (κ3) is 5.38. The van der Waals surface area contributed by atoms with Gasteiger partial charge in [-0.25, -0.2) is 9.97 Å². The van der Waals surface area contributed by atoms with Gasteiger partial charge < -0.3 is 16.0 Å². The molecule has 0 aliphatic rings. The summed E-state index contributed by atoms with van der Waals surface area (Å²) in [6.45, 7) is 7.28. The van der Waals surface area contributed by atoms with Crippen molar-refractivity contribution in [3.05, 3.63) is 71.2 Å². The molecule has 2 aromatic carbocycles. The fourth-order valence-electron chi connectivity index (χ4n) is 2.75. The molecule has 3 aromatic rings. The predicted molar refractivity (Wildman–Crippen MR) is 115 cm³/mol. The van der Waals surface area contributed by atoms with Crippen LogP contribution in [0.2, 0.25) is 0 Å². The van der Waals surface area contributed by atoms with Crippen LogP contribution in [0.5, 0.6) is 0 Å². The Kier molecular flexibility index (Phi) is 5.87. The highest BCUT2D eigenvalue weighted by molar-refractivity contribution is 6.03. The molecule has 0 atom stereocenters. The minimum absolute atomic E-state index is 0.151. The van der Waals surface area contributed by atoms with E-state index in [4.69, 9.17) is 0 Å². The summed E-state index contributed by atoms with van der Waals surface area (Å²) < 4.78 is 0. The van der Waals surface area contributed by atoms with Gasteiger partial charge in [-0.05, 0) is 68.3 Å². The summed E-state index contributed by atoms with van der Waals surface area (Å²) in [5.74, 6) is 0.546. The zero-order valence-electron chi connectivity index (χ0n) is 16.8. The van der Waals surface area contributed by atoms with Crippen molar-refractivity contribution in [3.63, 3.8) is 0 Å². The molecule has 1 aromatic heterocycles. The highest BCUT2D eigenvalue weighted by atomic mass is 16.2. The van der Waals surface area contributed by atoms with E-state index in [0.717, 1.165) is 5.69 Å². The standard InChI is InChI=1S/C22H23N5O2/c1-13-5-6-19(11-14(13)2)26-21-12-20(23-15(3)24-21)22(29)27-18-9-7-17(8-10-18)25-16(4)28/h5-12H,1-4H3,(H,25,28)(H,27,29)(H,23,24,26). The summed E-state index contributed by atoms with van der Waals surface area (Å²) in [6.07, 6.45) is 0. The molecule has 0 bridgehead atoms. The Morgan fingerprint density at radius 2 is 1.38 bits per heavy atom. The van der Waals surface area contributed by atoms with Crippen molar-refractivity contribution in [1.29, 1.82) is 0 Å². The van der Waals surface area contributed by atoms with Crippen LogP contribution in [0.1, 0.15) is 34.4 Å². The van der Waals surface area contributed by atoms with Crippen LogP contribution in [-0.2, 0) is 4.79 Å². The number of aryl methyl sites for hydroxylation is 3. The number of rotatable bonds is 5. The van der Waals surface area contributed by atoms with Crippen molar-refractivity contribution in [3.8, 4) is 0 Å². The molecular weight excluding hydrogens is 366 g/mol. The molecule has 3 N–H and O–H groups in total. The minimum atomic E-state index is -0.342. The van der Waals surface area contributed by atoms with Crippen molar-refractivity contribution in [2.75, 3.05) is 16.0 Å². The lowest BCUT2D eigenvalue weighted by atomic mass is 10.1. The van der Waals surface area contributed by atoms with Crippen molar-refractivity contribution in [1.82, 2.24) is 9.97 Å². The maximum Gasteiger partial charge on any atom is 0.274 e. The highest BCUT2D eigenvalue weighted by Gasteiger charge is 2.12. The molecule has 0 spiro atoms. The molecule has 2 amide bonds. The molecule has 0 saturated heterocycles. The Morgan fingerprint density at radius 3 is 2.00 bits per heavy atom. The molecule has 1 heterocycles. The highest BCUT2D eigenvalue weighted by Crippen LogP contribution is 2.20. The summed E-state index contributed by atoms with van der Waals surface area (Å²) in [6, 6.07) is 14.5. The molecule has 7 heteroatoms. The van der Waals surface area contributed by atoms with E-state index in [-0.39, 0.29) is 17.5 Å². The number of nitrogens with one attached hydrogen (secondary N) is 3. The number of benzene rings is 2. The van der Waals surface area contributed by atoms with Gasteiger partial charge in [-0.2, -0.15) is 0 Å². The lowest BCUT2D eigenvalue weighted by Crippen LogP contribution is -2.15. The molecule has 0 aliphatic carbocycles. The van der Waals surface area contributed by atoms with Gasteiger partial charge in [0.2, 0.25) is 5.91 Å². The van der Waals surface area contributed by atoms with Crippen molar-refractivity contribution < 1.29 is 9.59 Å². The second-order valence-electron chi connectivity index (χ2n) is 6.82. The topological polar surface area (TPSA) is 96.0 Å². The van der Waals surface area contributed by atoms with E-state index >= 15 is 0 Å². The quantitative estimate of drug-likeness (QED) is 0.603. The van der Waals surface area contributed by atoms with Gasteiger partial charge in [0.05, 0.1) is 0 Å². The Balaban J connectivity index is 1.75. The van der Waals surface area contributed by atoms with E-state index < -0.39 is 0 Å². The number of amides is 2. The van der Waals surface area contributed by atoms with Crippen LogP contribution in [0.15, 0.2) is 48.5 Å². The first-order valence-corrected chi connectivity index (χ1v) is 9.19. The second kappa shape index (κ2) is 8.52. The Bertz CT molecular complexity index is 1060. The molecule has 0 saturated carbocycles. The van der Waals surface area contributed by atoms with Crippen LogP contribution in [-0.4, -0.2) is 21.8 Å². The molecule has 3 rings (SSSR count). The average Bonchev–Trinajstić information content (AvgIpc) is 2.65. The van der Waals surface area contributed by atoms with Crippen molar-refractivity contribution in [2.24, 2.45) is 0 Å². The molecule has 0 fully saturated rings. The van der Waals surface area contributed by atoms with Crippen molar-refractivity contribution >= 4 is 34.7 Å². The number of anilines is 4. The Labute approximate surface area is 169 Å².